The number of rotatable bonds is 6. The molecule has 8 nitrogen and oxygen atoms in total. The third kappa shape index (κ3) is 5.18. The van der Waals surface area contributed by atoms with Crippen molar-refractivity contribution in [3.05, 3.63) is 23.2 Å². The lowest BCUT2D eigenvalue weighted by Gasteiger charge is -2.32. The number of nitrogens with zero attached hydrogens (tertiary/aromatic N) is 3. The van der Waals surface area contributed by atoms with E-state index >= 15 is 0 Å². The van der Waals surface area contributed by atoms with E-state index in [1.807, 2.05) is 13.8 Å². The monoisotopic (exact) mass is 417 g/mol. The fourth-order valence-corrected chi connectivity index (χ4v) is 3.77. The molecule has 1 aliphatic rings. The lowest BCUT2D eigenvalue weighted by atomic mass is 10.1. The van der Waals surface area contributed by atoms with E-state index in [1.165, 1.54) is 22.2 Å². The summed E-state index contributed by atoms with van der Waals surface area (Å²) in [5.74, 6) is -0.625. The standard InChI is InChI=1S/C17H24ClN3O5S/c1-5-11(2)19-16(18)15-13(12(3)22)10-14(26-15)17(23)20-6-8-21(9-7-20)27(4,24)25/h10-11H,5-9H2,1-4H3. The van der Waals surface area contributed by atoms with Crippen molar-refractivity contribution in [2.75, 3.05) is 32.4 Å². The maximum atomic E-state index is 12.7. The molecule has 0 bridgehead atoms. The first-order valence-electron chi connectivity index (χ1n) is 8.67. The molecule has 1 aromatic heterocycles. The Morgan fingerprint density at radius 1 is 1.30 bits per heavy atom. The van der Waals surface area contributed by atoms with E-state index in [1.54, 1.807) is 0 Å². The molecule has 2 heterocycles. The van der Waals surface area contributed by atoms with Crippen LogP contribution in [0.5, 0.6) is 0 Å². The molecule has 0 aromatic carbocycles. The number of piperazine rings is 1. The molecule has 0 spiro atoms. The van der Waals surface area contributed by atoms with E-state index < -0.39 is 15.9 Å². The summed E-state index contributed by atoms with van der Waals surface area (Å²) in [6.45, 7) is 6.12. The highest BCUT2D eigenvalue weighted by molar-refractivity contribution is 7.88. The molecule has 1 saturated heterocycles. The van der Waals surface area contributed by atoms with Crippen LogP contribution in [0.4, 0.5) is 0 Å². The Bertz CT molecular complexity index is 854. The molecule has 1 aromatic rings. The predicted molar refractivity (Wildman–Crippen MR) is 103 cm³/mol. The minimum atomic E-state index is -3.28. The van der Waals surface area contributed by atoms with Gasteiger partial charge in [-0.1, -0.05) is 18.5 Å². The molecular weight excluding hydrogens is 394 g/mol. The molecular formula is C17H24ClN3O5S. The Morgan fingerprint density at radius 2 is 1.89 bits per heavy atom. The van der Waals surface area contributed by atoms with Gasteiger partial charge >= 0.3 is 0 Å². The largest absolute Gasteiger partial charge is 0.448 e. The lowest BCUT2D eigenvalue weighted by molar-refractivity contribution is 0.0666. The predicted octanol–water partition coefficient (Wildman–Crippen LogP) is 1.98. The van der Waals surface area contributed by atoms with Gasteiger partial charge in [0.2, 0.25) is 10.0 Å². The molecule has 0 saturated carbocycles. The van der Waals surface area contributed by atoms with E-state index in [4.69, 9.17) is 16.0 Å². The SMILES string of the molecule is CCC(C)N=C(Cl)c1oc(C(=O)N2CCN(S(C)(=O)=O)CC2)cc1C(C)=O. The van der Waals surface area contributed by atoms with Gasteiger partial charge in [-0.3, -0.25) is 14.6 Å². The number of hydrogen-bond acceptors (Lipinski definition) is 6. The zero-order valence-corrected chi connectivity index (χ0v) is 17.4. The van der Waals surface area contributed by atoms with Crippen LogP contribution in [-0.4, -0.2) is 73.0 Å². The first-order valence-corrected chi connectivity index (χ1v) is 10.9. The van der Waals surface area contributed by atoms with Gasteiger partial charge in [0.05, 0.1) is 11.8 Å². The first kappa shape index (κ1) is 21.6. The van der Waals surface area contributed by atoms with Gasteiger partial charge in [0.25, 0.3) is 5.91 Å². The van der Waals surface area contributed by atoms with E-state index in [-0.39, 0.29) is 60.3 Å². The van der Waals surface area contributed by atoms with Crippen LogP contribution < -0.4 is 0 Å². The molecule has 0 N–H and O–H groups in total. The fourth-order valence-electron chi connectivity index (χ4n) is 2.63. The normalized spacial score (nSPS) is 17.8. The van der Waals surface area contributed by atoms with Crippen LogP contribution in [0.2, 0.25) is 0 Å². The summed E-state index contributed by atoms with van der Waals surface area (Å²) in [4.78, 5) is 30.4. The maximum absolute atomic E-state index is 12.7. The van der Waals surface area contributed by atoms with E-state index in [0.29, 0.717) is 0 Å². The van der Waals surface area contributed by atoms with Crippen molar-refractivity contribution in [2.24, 2.45) is 4.99 Å². The van der Waals surface area contributed by atoms with Crippen molar-refractivity contribution in [1.82, 2.24) is 9.21 Å². The molecule has 27 heavy (non-hydrogen) atoms. The van der Waals surface area contributed by atoms with Crippen LogP contribution in [-0.2, 0) is 10.0 Å². The Kier molecular flexibility index (Phi) is 6.82. The smallest absolute Gasteiger partial charge is 0.289 e. The number of aliphatic imine (C=N–C) groups is 1. The Balaban J connectivity index is 2.24. The van der Waals surface area contributed by atoms with Gasteiger partial charge in [-0.25, -0.2) is 8.42 Å². The summed E-state index contributed by atoms with van der Waals surface area (Å²) < 4.78 is 30.1. The number of halogens is 1. The van der Waals surface area contributed by atoms with Gasteiger partial charge in [-0.05, 0) is 20.3 Å². The average Bonchev–Trinajstić information content (AvgIpc) is 3.06. The van der Waals surface area contributed by atoms with Gasteiger partial charge in [-0.2, -0.15) is 4.31 Å². The Labute approximate surface area is 164 Å². The van der Waals surface area contributed by atoms with E-state index in [0.717, 1.165) is 12.7 Å². The van der Waals surface area contributed by atoms with Gasteiger partial charge in [0.15, 0.2) is 22.5 Å². The number of carbonyl (C=O) groups excluding carboxylic acids is 2. The van der Waals surface area contributed by atoms with Crippen LogP contribution in [0.15, 0.2) is 15.5 Å². The number of sulfonamides is 1. The molecule has 0 aliphatic carbocycles. The molecule has 10 heteroatoms. The van der Waals surface area contributed by atoms with Gasteiger partial charge in [0, 0.05) is 38.3 Å². The van der Waals surface area contributed by atoms with Crippen molar-refractivity contribution >= 4 is 38.5 Å². The van der Waals surface area contributed by atoms with Crippen LogP contribution in [0.3, 0.4) is 0 Å². The van der Waals surface area contributed by atoms with Crippen molar-refractivity contribution in [2.45, 2.75) is 33.2 Å². The lowest BCUT2D eigenvalue weighted by Crippen LogP contribution is -2.50. The zero-order chi connectivity index (χ0) is 20.4. The number of amides is 1. The molecule has 1 atom stereocenters. The third-order valence-corrected chi connectivity index (χ3v) is 6.00. The molecule has 0 radical (unpaired) electrons. The Morgan fingerprint density at radius 3 is 2.37 bits per heavy atom. The number of hydrogen-bond donors (Lipinski definition) is 0. The zero-order valence-electron chi connectivity index (χ0n) is 15.9. The topological polar surface area (TPSA) is 100 Å². The van der Waals surface area contributed by atoms with Gasteiger partial charge < -0.3 is 9.32 Å². The van der Waals surface area contributed by atoms with Gasteiger partial charge in [-0.15, -0.1) is 0 Å². The Hall–Kier alpha value is -1.71. The van der Waals surface area contributed by atoms with Crippen molar-refractivity contribution < 1.29 is 22.4 Å². The minimum absolute atomic E-state index is 0.0134. The van der Waals surface area contributed by atoms with Crippen LogP contribution in [0, 0.1) is 0 Å². The highest BCUT2D eigenvalue weighted by Crippen LogP contribution is 2.22. The molecule has 1 fully saturated rings. The fraction of sp³-hybridized carbons (Fsp3) is 0.588. The summed E-state index contributed by atoms with van der Waals surface area (Å²) in [7, 11) is -3.28. The summed E-state index contributed by atoms with van der Waals surface area (Å²) >= 11 is 6.21. The van der Waals surface area contributed by atoms with Crippen molar-refractivity contribution in [3.63, 3.8) is 0 Å². The van der Waals surface area contributed by atoms with E-state index in [2.05, 4.69) is 4.99 Å². The maximum Gasteiger partial charge on any atom is 0.289 e. The highest BCUT2D eigenvalue weighted by atomic mass is 35.5. The quantitative estimate of drug-likeness (QED) is 0.520. The number of furan rings is 1. The van der Waals surface area contributed by atoms with Gasteiger partial charge in [0.1, 0.15) is 0 Å². The van der Waals surface area contributed by atoms with Crippen LogP contribution in [0.25, 0.3) is 0 Å². The van der Waals surface area contributed by atoms with Crippen molar-refractivity contribution in [1.29, 1.82) is 0 Å². The third-order valence-electron chi connectivity index (χ3n) is 4.43. The second-order valence-corrected chi connectivity index (χ2v) is 8.88. The van der Waals surface area contributed by atoms with Crippen LogP contribution in [0.1, 0.15) is 53.9 Å². The number of carbonyl (C=O) groups is 2. The second-order valence-electron chi connectivity index (χ2n) is 6.54. The molecule has 1 aliphatic heterocycles. The second kappa shape index (κ2) is 8.53. The summed E-state index contributed by atoms with van der Waals surface area (Å²) in [6.07, 6.45) is 1.91. The molecule has 1 amide bonds. The van der Waals surface area contributed by atoms with E-state index in [9.17, 15) is 18.0 Å². The van der Waals surface area contributed by atoms with Crippen molar-refractivity contribution in [3.8, 4) is 0 Å². The number of Topliss-reactive ketones (excluding diaryl/α,β-unsaturated/α-hetero) is 1. The molecule has 150 valence electrons. The average molecular weight is 418 g/mol. The molecule has 2 rings (SSSR count). The molecule has 1 unspecified atom stereocenters. The summed E-state index contributed by atoms with van der Waals surface area (Å²) in [6, 6.07) is 1.32. The highest BCUT2D eigenvalue weighted by Gasteiger charge is 2.30. The summed E-state index contributed by atoms with van der Waals surface area (Å²) in [5, 5.41) is 0.0514. The number of ketones is 1. The minimum Gasteiger partial charge on any atom is -0.448 e. The first-order chi connectivity index (χ1) is 12.5. The van der Waals surface area contributed by atoms with Crippen LogP contribution >= 0.6 is 11.6 Å². The summed E-state index contributed by atoms with van der Waals surface area (Å²) in [5.41, 5.74) is 0.199.